The highest BCUT2D eigenvalue weighted by atomic mass is 16.1. The van der Waals surface area contributed by atoms with Crippen LogP contribution in [0, 0.1) is 0 Å². The maximum atomic E-state index is 11.5. The van der Waals surface area contributed by atoms with Crippen molar-refractivity contribution >= 4 is 5.78 Å². The van der Waals surface area contributed by atoms with E-state index in [2.05, 4.69) is 13.5 Å². The molecule has 0 aliphatic rings. The molecule has 31 heavy (non-hydrogen) atoms. The van der Waals surface area contributed by atoms with Crippen molar-refractivity contribution in [1.82, 2.24) is 0 Å². The number of hydrogen-bond donors (Lipinski definition) is 0. The van der Waals surface area contributed by atoms with Crippen molar-refractivity contribution in [1.29, 1.82) is 0 Å². The molecule has 0 atom stereocenters. The predicted molar refractivity (Wildman–Crippen MR) is 141 cm³/mol. The summed E-state index contributed by atoms with van der Waals surface area (Å²) in [4.78, 5) is 11.5. The lowest BCUT2D eigenvalue weighted by atomic mass is 10.0. The Morgan fingerprint density at radius 2 is 0.677 bits per heavy atom. The summed E-state index contributed by atoms with van der Waals surface area (Å²) in [5.74, 6) is 0.249. The molecule has 0 aromatic heterocycles. The van der Waals surface area contributed by atoms with Crippen molar-refractivity contribution in [3.8, 4) is 0 Å². The summed E-state index contributed by atoms with van der Waals surface area (Å²) in [6.45, 7) is 7.83. The summed E-state index contributed by atoms with van der Waals surface area (Å²) in [7, 11) is 0. The monoisotopic (exact) mass is 434 g/mol. The van der Waals surface area contributed by atoms with Crippen LogP contribution in [0.5, 0.6) is 0 Å². The molecule has 1 heteroatoms. The molecule has 0 saturated carbocycles. The lowest BCUT2D eigenvalue weighted by Gasteiger charge is -2.04. The molecular formula is C30H58O. The molecule has 184 valence electrons. The quantitative estimate of drug-likeness (QED) is 0.0976. The molecule has 0 aliphatic carbocycles. The Morgan fingerprint density at radius 3 is 0.903 bits per heavy atom. The molecule has 0 unspecified atom stereocenters. The van der Waals surface area contributed by atoms with Crippen LogP contribution in [-0.4, -0.2) is 5.78 Å². The van der Waals surface area contributed by atoms with Gasteiger partial charge in [-0.25, -0.2) is 0 Å². The van der Waals surface area contributed by atoms with E-state index in [-0.39, 0.29) is 5.78 Å². The molecular weight excluding hydrogens is 376 g/mol. The van der Waals surface area contributed by atoms with Crippen molar-refractivity contribution in [3.05, 3.63) is 12.2 Å². The van der Waals surface area contributed by atoms with E-state index in [0.717, 1.165) is 6.42 Å². The van der Waals surface area contributed by atoms with Gasteiger partial charge in [-0.3, -0.25) is 4.79 Å². The van der Waals surface area contributed by atoms with Gasteiger partial charge in [0.1, 0.15) is 0 Å². The zero-order valence-corrected chi connectivity index (χ0v) is 21.8. The number of carbonyl (C=O) groups is 1. The van der Waals surface area contributed by atoms with Crippen LogP contribution in [0.25, 0.3) is 0 Å². The Bertz CT molecular complexity index is 384. The molecule has 0 rings (SSSR count). The molecule has 0 amide bonds. The van der Waals surface area contributed by atoms with Crippen LogP contribution in [0.4, 0.5) is 0 Å². The third kappa shape index (κ3) is 25.5. The zero-order valence-electron chi connectivity index (χ0n) is 21.8. The first-order valence-corrected chi connectivity index (χ1v) is 14.4. The van der Waals surface area contributed by atoms with Gasteiger partial charge in [-0.05, 0) is 18.9 Å². The standard InChI is InChI=1S/C30H58O/c1-4-5-6-7-8-9-10-11-12-13-14-15-16-17-18-19-20-21-22-23-24-25-26-27-28-30(31)29(2)3/h2,4-28H2,1,3H3. The van der Waals surface area contributed by atoms with E-state index in [1.165, 1.54) is 148 Å². The largest absolute Gasteiger partial charge is 0.295 e. The van der Waals surface area contributed by atoms with Gasteiger partial charge < -0.3 is 0 Å². The molecule has 0 saturated heterocycles. The first-order valence-electron chi connectivity index (χ1n) is 14.4. The Kier molecular flexibility index (Phi) is 25.2. The zero-order chi connectivity index (χ0) is 22.8. The van der Waals surface area contributed by atoms with Gasteiger partial charge in [0.2, 0.25) is 0 Å². The van der Waals surface area contributed by atoms with E-state index in [4.69, 9.17) is 0 Å². The summed E-state index contributed by atoms with van der Waals surface area (Å²) in [6.07, 6.45) is 34.6. The van der Waals surface area contributed by atoms with Crippen LogP contribution in [-0.2, 0) is 4.79 Å². The van der Waals surface area contributed by atoms with Crippen molar-refractivity contribution < 1.29 is 4.79 Å². The lowest BCUT2D eigenvalue weighted by molar-refractivity contribution is -0.115. The van der Waals surface area contributed by atoms with Gasteiger partial charge >= 0.3 is 0 Å². The van der Waals surface area contributed by atoms with Gasteiger partial charge in [0.05, 0.1) is 0 Å². The van der Waals surface area contributed by atoms with Crippen molar-refractivity contribution in [3.63, 3.8) is 0 Å². The smallest absolute Gasteiger partial charge is 0.157 e. The molecule has 0 aliphatic heterocycles. The number of rotatable bonds is 26. The van der Waals surface area contributed by atoms with E-state index in [1.807, 2.05) is 6.92 Å². The Balaban J connectivity index is 3.05. The van der Waals surface area contributed by atoms with E-state index in [0.29, 0.717) is 12.0 Å². The second kappa shape index (κ2) is 25.7. The average molecular weight is 435 g/mol. The van der Waals surface area contributed by atoms with E-state index in [1.54, 1.807) is 0 Å². The van der Waals surface area contributed by atoms with E-state index in [9.17, 15) is 4.79 Å². The van der Waals surface area contributed by atoms with E-state index >= 15 is 0 Å². The van der Waals surface area contributed by atoms with Crippen molar-refractivity contribution in [2.24, 2.45) is 0 Å². The number of ketones is 1. The average Bonchev–Trinajstić information content (AvgIpc) is 2.76. The van der Waals surface area contributed by atoms with Crippen LogP contribution >= 0.6 is 0 Å². The van der Waals surface area contributed by atoms with Gasteiger partial charge in [-0.15, -0.1) is 0 Å². The fraction of sp³-hybridized carbons (Fsp3) is 0.900. The normalized spacial score (nSPS) is 11.2. The highest BCUT2D eigenvalue weighted by Gasteiger charge is 2.01. The van der Waals surface area contributed by atoms with Crippen molar-refractivity contribution in [2.75, 3.05) is 0 Å². The summed E-state index contributed by atoms with van der Waals surface area (Å²) < 4.78 is 0. The number of unbranched alkanes of at least 4 members (excludes halogenated alkanes) is 23. The Labute approximate surface area is 197 Å². The fourth-order valence-corrected chi connectivity index (χ4v) is 4.46. The second-order valence-electron chi connectivity index (χ2n) is 10.1. The predicted octanol–water partition coefficient (Wildman–Crippen LogP) is 10.9. The Morgan fingerprint density at radius 1 is 0.452 bits per heavy atom. The van der Waals surface area contributed by atoms with Crippen LogP contribution in [0.2, 0.25) is 0 Å². The number of carbonyl (C=O) groups excluding carboxylic acids is 1. The molecule has 0 spiro atoms. The van der Waals surface area contributed by atoms with Crippen LogP contribution < -0.4 is 0 Å². The molecule has 0 aromatic carbocycles. The highest BCUT2D eigenvalue weighted by molar-refractivity contribution is 5.93. The van der Waals surface area contributed by atoms with Gasteiger partial charge in [0.15, 0.2) is 5.78 Å². The van der Waals surface area contributed by atoms with Crippen LogP contribution in [0.3, 0.4) is 0 Å². The third-order valence-electron chi connectivity index (χ3n) is 6.73. The highest BCUT2D eigenvalue weighted by Crippen LogP contribution is 2.16. The van der Waals surface area contributed by atoms with Gasteiger partial charge in [0.25, 0.3) is 0 Å². The van der Waals surface area contributed by atoms with Gasteiger partial charge in [0, 0.05) is 6.42 Å². The maximum Gasteiger partial charge on any atom is 0.157 e. The minimum Gasteiger partial charge on any atom is -0.295 e. The maximum absolute atomic E-state index is 11.5. The fourth-order valence-electron chi connectivity index (χ4n) is 4.46. The summed E-state index contributed by atoms with van der Waals surface area (Å²) in [5, 5.41) is 0. The Hall–Kier alpha value is -0.590. The minimum absolute atomic E-state index is 0.249. The summed E-state index contributed by atoms with van der Waals surface area (Å²) in [6, 6.07) is 0. The topological polar surface area (TPSA) is 17.1 Å². The van der Waals surface area contributed by atoms with Crippen LogP contribution in [0.15, 0.2) is 12.2 Å². The van der Waals surface area contributed by atoms with Gasteiger partial charge in [-0.1, -0.05) is 161 Å². The van der Waals surface area contributed by atoms with Crippen LogP contribution in [0.1, 0.15) is 174 Å². The minimum atomic E-state index is 0.249. The molecule has 0 radical (unpaired) electrons. The number of allylic oxidation sites excluding steroid dienone is 1. The summed E-state index contributed by atoms with van der Waals surface area (Å²) >= 11 is 0. The van der Waals surface area contributed by atoms with Crippen molar-refractivity contribution in [2.45, 2.75) is 174 Å². The molecule has 0 fully saturated rings. The van der Waals surface area contributed by atoms with Gasteiger partial charge in [-0.2, -0.15) is 0 Å². The number of hydrogen-bond acceptors (Lipinski definition) is 1. The SMILES string of the molecule is C=C(C)C(=O)CCCCCCCCCCCCCCCCCCCCCCCCCC. The van der Waals surface area contributed by atoms with E-state index < -0.39 is 0 Å². The first-order chi connectivity index (χ1) is 15.2. The second-order valence-corrected chi connectivity index (χ2v) is 10.1. The molecule has 1 nitrogen and oxygen atoms in total. The summed E-state index contributed by atoms with van der Waals surface area (Å²) in [5.41, 5.74) is 0.717. The molecule has 0 bridgehead atoms. The molecule has 0 N–H and O–H groups in total. The molecule has 0 heterocycles. The lowest BCUT2D eigenvalue weighted by Crippen LogP contribution is -1.97. The molecule has 0 aromatic rings. The first kappa shape index (κ1) is 30.4. The number of Topliss-reactive ketones (excluding diaryl/α,β-unsaturated/α-hetero) is 1. The third-order valence-corrected chi connectivity index (χ3v) is 6.73.